The van der Waals surface area contributed by atoms with Crippen LogP contribution in [0.5, 0.6) is 0 Å². The molecule has 0 spiro atoms. The number of carbonyl (C=O) groups excluding carboxylic acids is 1. The standard InChI is InChI=1S/C17H19N3O2/c1-22-17(21)14-5-2-12(3-6-14)11-20-16-8-13(9-18)4-7-15(16)10-19-20/h4,7-8,10,12,14H,2-3,5-6,11H2,1H3. The van der Waals surface area contributed by atoms with Crippen LogP contribution in [0.15, 0.2) is 24.4 Å². The highest BCUT2D eigenvalue weighted by Crippen LogP contribution is 2.31. The molecule has 0 aliphatic heterocycles. The average molecular weight is 297 g/mol. The Labute approximate surface area is 129 Å². The molecule has 22 heavy (non-hydrogen) atoms. The second kappa shape index (κ2) is 6.18. The van der Waals surface area contributed by atoms with E-state index in [0.29, 0.717) is 11.5 Å². The third-order valence-corrected chi connectivity index (χ3v) is 4.59. The molecule has 0 N–H and O–H groups in total. The fourth-order valence-corrected chi connectivity index (χ4v) is 3.28. The van der Waals surface area contributed by atoms with Crippen molar-refractivity contribution in [1.82, 2.24) is 9.78 Å². The molecule has 0 amide bonds. The Morgan fingerprint density at radius 2 is 2.18 bits per heavy atom. The van der Waals surface area contributed by atoms with Crippen LogP contribution >= 0.6 is 0 Å². The molecule has 0 unspecified atom stereocenters. The molecule has 0 radical (unpaired) electrons. The summed E-state index contributed by atoms with van der Waals surface area (Å²) in [5.74, 6) is 0.497. The number of aromatic nitrogens is 2. The van der Waals surface area contributed by atoms with Gasteiger partial charge in [0.15, 0.2) is 0 Å². The maximum atomic E-state index is 11.6. The highest BCUT2D eigenvalue weighted by atomic mass is 16.5. The second-order valence-corrected chi connectivity index (χ2v) is 5.95. The molecule has 1 aromatic heterocycles. The van der Waals surface area contributed by atoms with Crippen molar-refractivity contribution in [3.05, 3.63) is 30.0 Å². The van der Waals surface area contributed by atoms with Crippen molar-refractivity contribution < 1.29 is 9.53 Å². The molecule has 3 rings (SSSR count). The van der Waals surface area contributed by atoms with E-state index < -0.39 is 0 Å². The summed E-state index contributed by atoms with van der Waals surface area (Å²) in [5.41, 5.74) is 1.66. The van der Waals surface area contributed by atoms with Gasteiger partial charge in [0.25, 0.3) is 0 Å². The van der Waals surface area contributed by atoms with Gasteiger partial charge >= 0.3 is 5.97 Å². The van der Waals surface area contributed by atoms with Gasteiger partial charge in [-0.15, -0.1) is 0 Å². The Kier molecular flexibility index (Phi) is 4.10. The molecule has 5 heteroatoms. The van der Waals surface area contributed by atoms with Gasteiger partial charge in [-0.3, -0.25) is 9.48 Å². The van der Waals surface area contributed by atoms with Crippen molar-refractivity contribution in [1.29, 1.82) is 5.26 Å². The summed E-state index contributed by atoms with van der Waals surface area (Å²) in [6, 6.07) is 7.81. The summed E-state index contributed by atoms with van der Waals surface area (Å²) < 4.78 is 6.81. The minimum absolute atomic E-state index is 0.0563. The molecule has 1 aliphatic rings. The van der Waals surface area contributed by atoms with Crippen LogP contribution in [0.25, 0.3) is 10.9 Å². The summed E-state index contributed by atoms with van der Waals surface area (Å²) in [5, 5.41) is 14.5. The van der Waals surface area contributed by atoms with Crippen molar-refractivity contribution in [3.8, 4) is 6.07 Å². The number of carbonyl (C=O) groups is 1. The van der Waals surface area contributed by atoms with Crippen molar-refractivity contribution >= 4 is 16.9 Å². The molecule has 1 aromatic carbocycles. The maximum Gasteiger partial charge on any atom is 0.308 e. The highest BCUT2D eigenvalue weighted by molar-refractivity contribution is 5.80. The minimum atomic E-state index is -0.0818. The summed E-state index contributed by atoms with van der Waals surface area (Å²) in [4.78, 5) is 11.6. The van der Waals surface area contributed by atoms with Crippen LogP contribution in [0, 0.1) is 23.2 Å². The van der Waals surface area contributed by atoms with Crippen LogP contribution in [0.2, 0.25) is 0 Å². The van der Waals surface area contributed by atoms with Gasteiger partial charge < -0.3 is 4.74 Å². The van der Waals surface area contributed by atoms with E-state index in [1.54, 1.807) is 0 Å². The number of rotatable bonds is 3. The lowest BCUT2D eigenvalue weighted by Crippen LogP contribution is -2.25. The molecular weight excluding hydrogens is 278 g/mol. The number of esters is 1. The normalized spacial score (nSPS) is 21.5. The van der Waals surface area contributed by atoms with Gasteiger partial charge in [0.1, 0.15) is 0 Å². The van der Waals surface area contributed by atoms with E-state index in [0.717, 1.165) is 43.1 Å². The first kappa shape index (κ1) is 14.6. The highest BCUT2D eigenvalue weighted by Gasteiger charge is 2.27. The number of methoxy groups -OCH3 is 1. The monoisotopic (exact) mass is 297 g/mol. The van der Waals surface area contributed by atoms with Crippen LogP contribution in [-0.2, 0) is 16.1 Å². The van der Waals surface area contributed by atoms with Crippen molar-refractivity contribution in [2.75, 3.05) is 7.11 Å². The number of hydrogen-bond donors (Lipinski definition) is 0. The van der Waals surface area contributed by atoms with E-state index in [9.17, 15) is 4.79 Å². The van der Waals surface area contributed by atoms with Crippen molar-refractivity contribution in [2.45, 2.75) is 32.2 Å². The summed E-state index contributed by atoms with van der Waals surface area (Å²) in [6.45, 7) is 0.840. The van der Waals surface area contributed by atoms with Crippen LogP contribution in [-0.4, -0.2) is 22.9 Å². The number of nitrogens with zero attached hydrogens (tertiary/aromatic N) is 3. The third-order valence-electron chi connectivity index (χ3n) is 4.59. The van der Waals surface area contributed by atoms with Crippen LogP contribution in [0.4, 0.5) is 0 Å². The first-order chi connectivity index (χ1) is 10.7. The SMILES string of the molecule is COC(=O)C1CCC(Cn2ncc3ccc(C#N)cc32)CC1. The third kappa shape index (κ3) is 2.82. The van der Waals surface area contributed by atoms with Crippen molar-refractivity contribution in [2.24, 2.45) is 11.8 Å². The Morgan fingerprint density at radius 3 is 2.86 bits per heavy atom. The van der Waals surface area contributed by atoms with E-state index in [4.69, 9.17) is 10.00 Å². The Bertz CT molecular complexity index is 721. The van der Waals surface area contributed by atoms with Gasteiger partial charge in [0.05, 0.1) is 36.4 Å². The Hall–Kier alpha value is -2.35. The van der Waals surface area contributed by atoms with Gasteiger partial charge in [0.2, 0.25) is 0 Å². The zero-order valence-corrected chi connectivity index (χ0v) is 12.7. The predicted octanol–water partition coefficient (Wildman–Crippen LogP) is 2.89. The van der Waals surface area contributed by atoms with Gasteiger partial charge in [-0.05, 0) is 49.8 Å². The number of ether oxygens (including phenoxy) is 1. The first-order valence-electron chi connectivity index (χ1n) is 7.64. The molecule has 1 fully saturated rings. The molecule has 114 valence electrons. The molecule has 1 heterocycles. The molecule has 2 aromatic rings. The van der Waals surface area contributed by atoms with Gasteiger partial charge in [0, 0.05) is 11.9 Å². The molecule has 1 saturated carbocycles. The topological polar surface area (TPSA) is 67.9 Å². The van der Waals surface area contributed by atoms with Crippen LogP contribution in [0.3, 0.4) is 0 Å². The van der Waals surface area contributed by atoms with Gasteiger partial charge in [-0.1, -0.05) is 0 Å². The van der Waals surface area contributed by atoms with E-state index in [1.165, 1.54) is 7.11 Å². The first-order valence-corrected chi connectivity index (χ1v) is 7.64. The molecule has 0 saturated heterocycles. The zero-order valence-electron chi connectivity index (χ0n) is 12.7. The number of hydrogen-bond acceptors (Lipinski definition) is 4. The number of nitriles is 1. The van der Waals surface area contributed by atoms with Crippen LogP contribution < -0.4 is 0 Å². The molecule has 1 aliphatic carbocycles. The summed E-state index contributed by atoms with van der Waals surface area (Å²) in [7, 11) is 1.46. The smallest absolute Gasteiger partial charge is 0.308 e. The quantitative estimate of drug-likeness (QED) is 0.817. The Balaban J connectivity index is 1.70. The average Bonchev–Trinajstić information content (AvgIpc) is 2.97. The minimum Gasteiger partial charge on any atom is -0.469 e. The largest absolute Gasteiger partial charge is 0.469 e. The lowest BCUT2D eigenvalue weighted by molar-refractivity contribution is -0.146. The maximum absolute atomic E-state index is 11.6. The second-order valence-electron chi connectivity index (χ2n) is 5.95. The lowest BCUT2D eigenvalue weighted by atomic mass is 9.82. The summed E-state index contributed by atoms with van der Waals surface area (Å²) >= 11 is 0. The van der Waals surface area contributed by atoms with E-state index in [2.05, 4.69) is 11.2 Å². The molecular formula is C17H19N3O2. The summed E-state index contributed by atoms with van der Waals surface area (Å²) in [6.07, 6.45) is 5.65. The fraction of sp³-hybridized carbons (Fsp3) is 0.471. The molecule has 0 bridgehead atoms. The predicted molar refractivity (Wildman–Crippen MR) is 81.9 cm³/mol. The lowest BCUT2D eigenvalue weighted by Gasteiger charge is -2.26. The number of fused-ring (bicyclic) bond motifs is 1. The zero-order chi connectivity index (χ0) is 15.5. The number of benzene rings is 1. The van der Waals surface area contributed by atoms with E-state index in [1.807, 2.05) is 29.1 Å². The Morgan fingerprint density at radius 1 is 1.41 bits per heavy atom. The van der Waals surface area contributed by atoms with E-state index >= 15 is 0 Å². The molecule has 0 atom stereocenters. The van der Waals surface area contributed by atoms with Gasteiger partial charge in [-0.2, -0.15) is 10.4 Å². The van der Waals surface area contributed by atoms with Gasteiger partial charge in [-0.25, -0.2) is 0 Å². The van der Waals surface area contributed by atoms with Crippen molar-refractivity contribution in [3.63, 3.8) is 0 Å². The fourth-order valence-electron chi connectivity index (χ4n) is 3.28. The van der Waals surface area contributed by atoms with E-state index in [-0.39, 0.29) is 11.9 Å². The van der Waals surface area contributed by atoms with Crippen LogP contribution in [0.1, 0.15) is 31.2 Å². The molecule has 5 nitrogen and oxygen atoms in total.